The molecule has 1 fully saturated rings. The first-order valence-corrected chi connectivity index (χ1v) is 10.9. The van der Waals surface area contributed by atoms with Crippen LogP contribution < -0.4 is 15.4 Å². The summed E-state index contributed by atoms with van der Waals surface area (Å²) in [5.74, 6) is 0.0189. The minimum Gasteiger partial charge on any atom is -0.334 e. The number of hydrogen-bond donors (Lipinski definition) is 3. The lowest BCUT2D eigenvalue weighted by Crippen LogP contribution is -2.37. The first-order valence-electron chi connectivity index (χ1n) is 9.42. The van der Waals surface area contributed by atoms with E-state index in [9.17, 15) is 13.2 Å². The topological polar surface area (TPSA) is 124 Å². The normalized spacial score (nSPS) is 19.1. The average molecular weight is 414 g/mol. The van der Waals surface area contributed by atoms with Gasteiger partial charge in [0.1, 0.15) is 0 Å². The van der Waals surface area contributed by atoms with Gasteiger partial charge in [-0.15, -0.1) is 0 Å². The molecule has 0 unspecified atom stereocenters. The molecule has 0 spiro atoms. The lowest BCUT2D eigenvalue weighted by Gasteiger charge is -2.25. The summed E-state index contributed by atoms with van der Waals surface area (Å²) in [5.41, 5.74) is 1.36. The molecule has 1 aromatic heterocycles. The predicted molar refractivity (Wildman–Crippen MR) is 108 cm³/mol. The van der Waals surface area contributed by atoms with Gasteiger partial charge in [0.15, 0.2) is 0 Å². The molecule has 152 valence electrons. The molecule has 29 heavy (non-hydrogen) atoms. The van der Waals surface area contributed by atoms with Crippen molar-refractivity contribution in [3.63, 3.8) is 0 Å². The molecule has 0 aliphatic heterocycles. The molecule has 0 saturated heterocycles. The summed E-state index contributed by atoms with van der Waals surface area (Å²) in [7, 11) is -3.64. The van der Waals surface area contributed by atoms with Gasteiger partial charge in [-0.25, -0.2) is 17.9 Å². The SMILES string of the molecule is N#CC1CCC(NS(=O)(=O)c2ccc(NC(=O)NCc3cccnc3)cc2)CC1. The van der Waals surface area contributed by atoms with Gasteiger partial charge in [-0.1, -0.05) is 6.07 Å². The molecule has 2 aromatic rings. The zero-order valence-corrected chi connectivity index (χ0v) is 16.7. The molecule has 1 aliphatic carbocycles. The van der Waals surface area contributed by atoms with E-state index < -0.39 is 16.1 Å². The average Bonchev–Trinajstić information content (AvgIpc) is 2.74. The molecule has 1 aromatic carbocycles. The summed E-state index contributed by atoms with van der Waals surface area (Å²) < 4.78 is 27.8. The van der Waals surface area contributed by atoms with E-state index in [0.29, 0.717) is 37.9 Å². The third kappa shape index (κ3) is 6.01. The van der Waals surface area contributed by atoms with Crippen LogP contribution in [0.15, 0.2) is 53.7 Å². The highest BCUT2D eigenvalue weighted by molar-refractivity contribution is 7.89. The number of urea groups is 1. The number of pyridine rings is 1. The van der Waals surface area contributed by atoms with Crippen LogP contribution in [0, 0.1) is 17.2 Å². The third-order valence-electron chi connectivity index (χ3n) is 4.83. The zero-order chi connectivity index (χ0) is 20.7. The second-order valence-corrected chi connectivity index (χ2v) is 8.71. The molecule has 9 heteroatoms. The van der Waals surface area contributed by atoms with E-state index >= 15 is 0 Å². The summed E-state index contributed by atoms with van der Waals surface area (Å²) >= 11 is 0. The lowest BCUT2D eigenvalue weighted by molar-refractivity contribution is 0.251. The van der Waals surface area contributed by atoms with Gasteiger partial charge in [-0.05, 0) is 61.6 Å². The van der Waals surface area contributed by atoms with Crippen molar-refractivity contribution in [3.8, 4) is 6.07 Å². The maximum Gasteiger partial charge on any atom is 0.319 e. The van der Waals surface area contributed by atoms with Crippen LogP contribution in [-0.4, -0.2) is 25.5 Å². The molecule has 2 amide bonds. The van der Waals surface area contributed by atoms with Crippen molar-refractivity contribution in [2.24, 2.45) is 5.92 Å². The fourth-order valence-corrected chi connectivity index (χ4v) is 4.51. The fourth-order valence-electron chi connectivity index (χ4n) is 3.21. The summed E-state index contributed by atoms with van der Waals surface area (Å²) in [6.45, 7) is 0.337. The van der Waals surface area contributed by atoms with E-state index in [2.05, 4.69) is 26.4 Å². The minimum atomic E-state index is -3.64. The number of hydrogen-bond acceptors (Lipinski definition) is 5. The maximum absolute atomic E-state index is 12.6. The monoisotopic (exact) mass is 413 g/mol. The Bertz CT molecular complexity index is 963. The molecule has 1 heterocycles. The number of carbonyl (C=O) groups excluding carboxylic acids is 1. The number of amides is 2. The Labute approximate surface area is 170 Å². The summed E-state index contributed by atoms with van der Waals surface area (Å²) in [6.07, 6.45) is 6.06. The van der Waals surface area contributed by atoms with Crippen LogP contribution in [0.4, 0.5) is 10.5 Å². The molecule has 1 saturated carbocycles. The van der Waals surface area contributed by atoms with Crippen molar-refractivity contribution < 1.29 is 13.2 Å². The number of sulfonamides is 1. The van der Waals surface area contributed by atoms with E-state index in [4.69, 9.17) is 5.26 Å². The Kier molecular flexibility index (Phi) is 6.80. The molecular formula is C20H23N5O3S. The minimum absolute atomic E-state index is 0.0189. The standard InChI is InChI=1S/C20H23N5O3S/c21-12-15-3-5-18(6-4-15)25-29(27,28)19-9-7-17(8-10-19)24-20(26)23-14-16-2-1-11-22-13-16/h1-2,7-11,13,15,18,25H,3-6,14H2,(H2,23,24,26). The van der Waals surface area contributed by atoms with Crippen LogP contribution in [-0.2, 0) is 16.6 Å². The van der Waals surface area contributed by atoms with E-state index in [1.807, 2.05) is 6.07 Å². The Morgan fingerprint density at radius 1 is 1.14 bits per heavy atom. The first-order chi connectivity index (χ1) is 14.0. The number of anilines is 1. The van der Waals surface area contributed by atoms with Gasteiger partial charge in [0.25, 0.3) is 0 Å². The quantitative estimate of drug-likeness (QED) is 0.672. The number of nitrogens with one attached hydrogen (secondary N) is 3. The van der Waals surface area contributed by atoms with Gasteiger partial charge >= 0.3 is 6.03 Å². The highest BCUT2D eigenvalue weighted by atomic mass is 32.2. The van der Waals surface area contributed by atoms with Crippen LogP contribution in [0.1, 0.15) is 31.2 Å². The van der Waals surface area contributed by atoms with E-state index in [-0.39, 0.29) is 16.9 Å². The van der Waals surface area contributed by atoms with Crippen LogP contribution >= 0.6 is 0 Å². The Morgan fingerprint density at radius 3 is 2.48 bits per heavy atom. The summed E-state index contributed by atoms with van der Waals surface area (Å²) in [6, 6.07) is 11.3. The smallest absolute Gasteiger partial charge is 0.319 e. The van der Waals surface area contributed by atoms with E-state index in [1.165, 1.54) is 12.1 Å². The number of rotatable bonds is 6. The van der Waals surface area contributed by atoms with Crippen molar-refractivity contribution in [1.82, 2.24) is 15.0 Å². The number of nitriles is 1. The predicted octanol–water partition coefficient (Wildman–Crippen LogP) is 2.76. The highest BCUT2D eigenvalue weighted by Gasteiger charge is 2.25. The van der Waals surface area contributed by atoms with Crippen molar-refractivity contribution in [1.29, 1.82) is 5.26 Å². The molecule has 0 atom stereocenters. The van der Waals surface area contributed by atoms with E-state index in [1.54, 1.807) is 30.6 Å². The number of nitrogens with zero attached hydrogens (tertiary/aromatic N) is 2. The second kappa shape index (κ2) is 9.49. The number of benzene rings is 1. The second-order valence-electron chi connectivity index (χ2n) is 6.99. The summed E-state index contributed by atoms with van der Waals surface area (Å²) in [5, 5.41) is 14.3. The molecule has 3 N–H and O–H groups in total. The van der Waals surface area contributed by atoms with Crippen molar-refractivity contribution in [3.05, 3.63) is 54.4 Å². The van der Waals surface area contributed by atoms with Crippen molar-refractivity contribution in [2.45, 2.75) is 43.2 Å². The van der Waals surface area contributed by atoms with Gasteiger partial charge in [0.05, 0.1) is 11.0 Å². The highest BCUT2D eigenvalue weighted by Crippen LogP contribution is 2.25. The Morgan fingerprint density at radius 2 is 1.86 bits per heavy atom. The molecule has 3 rings (SSSR count). The molecule has 8 nitrogen and oxygen atoms in total. The molecule has 0 radical (unpaired) electrons. The largest absolute Gasteiger partial charge is 0.334 e. The van der Waals surface area contributed by atoms with E-state index in [0.717, 1.165) is 5.56 Å². The van der Waals surface area contributed by atoms with Gasteiger partial charge in [-0.3, -0.25) is 4.98 Å². The van der Waals surface area contributed by atoms with Crippen molar-refractivity contribution in [2.75, 3.05) is 5.32 Å². The third-order valence-corrected chi connectivity index (χ3v) is 6.37. The Hall–Kier alpha value is -2.96. The van der Waals surface area contributed by atoms with Crippen LogP contribution in [0.3, 0.4) is 0 Å². The van der Waals surface area contributed by atoms with Gasteiger partial charge < -0.3 is 10.6 Å². The maximum atomic E-state index is 12.6. The zero-order valence-electron chi connectivity index (χ0n) is 15.8. The van der Waals surface area contributed by atoms with Gasteiger partial charge in [0.2, 0.25) is 10.0 Å². The van der Waals surface area contributed by atoms with Crippen LogP contribution in [0.2, 0.25) is 0 Å². The summed E-state index contributed by atoms with van der Waals surface area (Å²) in [4.78, 5) is 16.1. The number of aromatic nitrogens is 1. The lowest BCUT2D eigenvalue weighted by atomic mass is 9.88. The number of carbonyl (C=O) groups is 1. The fraction of sp³-hybridized carbons (Fsp3) is 0.350. The van der Waals surface area contributed by atoms with Crippen LogP contribution in [0.25, 0.3) is 0 Å². The van der Waals surface area contributed by atoms with Crippen LogP contribution in [0.5, 0.6) is 0 Å². The van der Waals surface area contributed by atoms with Gasteiger partial charge in [-0.2, -0.15) is 5.26 Å². The first kappa shape index (κ1) is 20.8. The molecule has 1 aliphatic rings. The molecular weight excluding hydrogens is 390 g/mol. The van der Waals surface area contributed by atoms with Gasteiger partial charge in [0, 0.05) is 36.6 Å². The molecule has 0 bridgehead atoms. The van der Waals surface area contributed by atoms with Crippen molar-refractivity contribution >= 4 is 21.7 Å². The Balaban J connectivity index is 1.52.